The van der Waals surface area contributed by atoms with E-state index in [0.29, 0.717) is 17.6 Å². The van der Waals surface area contributed by atoms with E-state index in [1.807, 2.05) is 12.1 Å². The highest BCUT2D eigenvalue weighted by Gasteiger charge is 2.60. The van der Waals surface area contributed by atoms with Crippen LogP contribution in [0.5, 0.6) is 0 Å². The number of rotatable bonds is 4. The molecular formula is C23H26N2O2. The third kappa shape index (κ3) is 2.82. The lowest BCUT2D eigenvalue weighted by Gasteiger charge is -2.61. The van der Waals surface area contributed by atoms with Crippen molar-refractivity contribution in [2.45, 2.75) is 50.9 Å². The van der Waals surface area contributed by atoms with Crippen molar-refractivity contribution < 1.29 is 9.21 Å². The fraction of sp³-hybridized carbons (Fsp3) is 0.478. The summed E-state index contributed by atoms with van der Waals surface area (Å²) in [6.45, 7) is 2.13. The van der Waals surface area contributed by atoms with Gasteiger partial charge >= 0.3 is 0 Å². The van der Waals surface area contributed by atoms with Crippen LogP contribution in [-0.2, 0) is 10.2 Å². The molecule has 4 aliphatic rings. The Kier molecular flexibility index (Phi) is 3.78. The monoisotopic (exact) mass is 362 g/mol. The number of amides is 1. The normalized spacial score (nSPS) is 34.3. The summed E-state index contributed by atoms with van der Waals surface area (Å²) in [5, 5.41) is 4.16. The fourth-order valence-electron chi connectivity index (χ4n) is 6.41. The maximum atomic E-state index is 13.2. The molecule has 1 heterocycles. The molecule has 1 aromatic carbocycles. The molecule has 0 saturated heterocycles. The third-order valence-corrected chi connectivity index (χ3v) is 7.11. The second kappa shape index (κ2) is 6.08. The van der Waals surface area contributed by atoms with Gasteiger partial charge in [-0.05, 0) is 80.4 Å². The second-order valence-electron chi connectivity index (χ2n) is 9.10. The Hall–Kier alpha value is -2.36. The molecule has 4 bridgehead atoms. The number of benzene rings is 1. The van der Waals surface area contributed by atoms with Crippen molar-refractivity contribution in [2.75, 3.05) is 0 Å². The first-order chi connectivity index (χ1) is 13.1. The van der Waals surface area contributed by atoms with Gasteiger partial charge in [0, 0.05) is 0 Å². The van der Waals surface area contributed by atoms with Crippen LogP contribution in [0, 0.1) is 24.2 Å². The fourth-order valence-corrected chi connectivity index (χ4v) is 6.41. The van der Waals surface area contributed by atoms with Gasteiger partial charge in [0.05, 0.1) is 17.9 Å². The largest absolute Gasteiger partial charge is 0.463 e. The smallest absolute Gasteiger partial charge is 0.246 e. The van der Waals surface area contributed by atoms with Gasteiger partial charge in [-0.2, -0.15) is 5.10 Å². The SMILES string of the molecule is Cc1ccc(C23C[C@@H]4C[C@H](CC(C(=O)N/N=C\c5ccco5)(C4)C2)C3)cc1. The standard InChI is InChI=1S/C23H26N2O2/c1-16-4-6-19(7-5-16)22-10-17-9-18(11-22)13-23(12-17,15-22)21(26)25-24-14-20-3-2-8-27-20/h2-8,14,17-18H,9-13,15H2,1H3,(H,25,26)/b24-14-/t17-,18-,22?,23?/m0/s1. The number of furan rings is 1. The summed E-state index contributed by atoms with van der Waals surface area (Å²) in [4.78, 5) is 13.2. The van der Waals surface area contributed by atoms with E-state index in [1.54, 1.807) is 12.5 Å². The van der Waals surface area contributed by atoms with Crippen LogP contribution in [0.15, 0.2) is 52.2 Å². The molecule has 4 saturated carbocycles. The highest BCUT2D eigenvalue weighted by atomic mass is 16.3. The highest BCUT2D eigenvalue weighted by Crippen LogP contribution is 2.65. The first-order valence-electron chi connectivity index (χ1n) is 10.0. The van der Waals surface area contributed by atoms with Gasteiger partial charge in [0.2, 0.25) is 5.91 Å². The Labute approximate surface area is 160 Å². The van der Waals surface area contributed by atoms with Crippen LogP contribution < -0.4 is 5.43 Å². The predicted octanol–water partition coefficient (Wildman–Crippen LogP) is 4.58. The number of hydrogen-bond acceptors (Lipinski definition) is 3. The van der Waals surface area contributed by atoms with Gasteiger partial charge in [0.25, 0.3) is 0 Å². The van der Waals surface area contributed by atoms with Crippen LogP contribution in [0.25, 0.3) is 0 Å². The molecule has 27 heavy (non-hydrogen) atoms. The first kappa shape index (κ1) is 16.8. The predicted molar refractivity (Wildman–Crippen MR) is 104 cm³/mol. The summed E-state index contributed by atoms with van der Waals surface area (Å²) < 4.78 is 5.25. The molecule has 2 aromatic rings. The van der Waals surface area contributed by atoms with E-state index in [1.165, 1.54) is 30.4 Å². The number of aryl methyl sites for hydroxylation is 1. The van der Waals surface area contributed by atoms with Gasteiger partial charge in [-0.1, -0.05) is 29.8 Å². The average Bonchev–Trinajstić information content (AvgIpc) is 3.14. The zero-order chi connectivity index (χ0) is 18.5. The molecule has 4 heteroatoms. The van der Waals surface area contributed by atoms with Gasteiger partial charge in [0.1, 0.15) is 5.76 Å². The molecule has 4 fully saturated rings. The van der Waals surface area contributed by atoms with Crippen LogP contribution >= 0.6 is 0 Å². The molecule has 2 atom stereocenters. The number of carbonyl (C=O) groups excluding carboxylic acids is 1. The van der Waals surface area contributed by atoms with Crippen molar-refractivity contribution >= 4 is 12.1 Å². The molecule has 1 N–H and O–H groups in total. The molecule has 4 aliphatic carbocycles. The number of nitrogens with one attached hydrogen (secondary N) is 1. The molecule has 0 radical (unpaired) electrons. The van der Waals surface area contributed by atoms with Crippen molar-refractivity contribution in [3.63, 3.8) is 0 Å². The van der Waals surface area contributed by atoms with E-state index < -0.39 is 0 Å². The Bertz CT molecular complexity index is 852. The van der Waals surface area contributed by atoms with Crippen molar-refractivity contribution in [3.05, 3.63) is 59.5 Å². The van der Waals surface area contributed by atoms with E-state index in [2.05, 4.69) is 41.7 Å². The van der Waals surface area contributed by atoms with Gasteiger partial charge in [-0.25, -0.2) is 5.43 Å². The number of hydrazone groups is 1. The molecule has 0 spiro atoms. The van der Waals surface area contributed by atoms with Crippen molar-refractivity contribution in [1.29, 1.82) is 0 Å². The summed E-state index contributed by atoms with van der Waals surface area (Å²) >= 11 is 0. The molecule has 0 aliphatic heterocycles. The summed E-state index contributed by atoms with van der Waals surface area (Å²) in [7, 11) is 0. The van der Waals surface area contributed by atoms with Crippen molar-refractivity contribution in [3.8, 4) is 0 Å². The highest BCUT2D eigenvalue weighted by molar-refractivity contribution is 5.85. The lowest BCUT2D eigenvalue weighted by Crippen LogP contribution is -2.58. The van der Waals surface area contributed by atoms with Crippen molar-refractivity contribution in [1.82, 2.24) is 5.43 Å². The van der Waals surface area contributed by atoms with E-state index >= 15 is 0 Å². The Balaban J connectivity index is 1.41. The third-order valence-electron chi connectivity index (χ3n) is 7.11. The molecule has 140 valence electrons. The Morgan fingerprint density at radius 3 is 2.56 bits per heavy atom. The van der Waals surface area contributed by atoms with Gasteiger partial charge < -0.3 is 4.42 Å². The quantitative estimate of drug-likeness (QED) is 0.639. The first-order valence-corrected chi connectivity index (χ1v) is 10.0. The lowest BCUT2D eigenvalue weighted by atomic mass is 9.42. The maximum absolute atomic E-state index is 13.2. The average molecular weight is 362 g/mol. The van der Waals surface area contributed by atoms with Crippen LogP contribution in [0.2, 0.25) is 0 Å². The summed E-state index contributed by atoms with van der Waals surface area (Å²) in [5.74, 6) is 2.06. The van der Waals surface area contributed by atoms with E-state index in [9.17, 15) is 4.79 Å². The van der Waals surface area contributed by atoms with E-state index in [4.69, 9.17) is 4.42 Å². The Morgan fingerprint density at radius 1 is 1.15 bits per heavy atom. The molecule has 0 unspecified atom stereocenters. The number of hydrogen-bond donors (Lipinski definition) is 1. The molecule has 6 rings (SSSR count). The zero-order valence-corrected chi connectivity index (χ0v) is 15.8. The van der Waals surface area contributed by atoms with Crippen LogP contribution in [0.3, 0.4) is 0 Å². The summed E-state index contributed by atoms with van der Waals surface area (Å²) in [6.07, 6.45) is 9.92. The topological polar surface area (TPSA) is 54.6 Å². The minimum Gasteiger partial charge on any atom is -0.463 e. The van der Waals surface area contributed by atoms with Gasteiger partial charge in [-0.3, -0.25) is 4.79 Å². The summed E-state index contributed by atoms with van der Waals surface area (Å²) in [5.41, 5.74) is 5.45. The van der Waals surface area contributed by atoms with Gasteiger partial charge in [0.15, 0.2) is 0 Å². The molecule has 1 aromatic heterocycles. The molecular weight excluding hydrogens is 336 g/mol. The molecule has 1 amide bonds. The van der Waals surface area contributed by atoms with Crippen LogP contribution in [0.1, 0.15) is 55.4 Å². The van der Waals surface area contributed by atoms with Crippen LogP contribution in [-0.4, -0.2) is 12.1 Å². The minimum atomic E-state index is -0.268. The minimum absolute atomic E-state index is 0.0934. The molecule has 4 nitrogen and oxygen atoms in total. The maximum Gasteiger partial charge on any atom is 0.246 e. The van der Waals surface area contributed by atoms with Gasteiger partial charge in [-0.15, -0.1) is 0 Å². The van der Waals surface area contributed by atoms with Crippen LogP contribution in [0.4, 0.5) is 0 Å². The summed E-state index contributed by atoms with van der Waals surface area (Å²) in [6, 6.07) is 12.7. The van der Waals surface area contributed by atoms with Crippen molar-refractivity contribution in [2.24, 2.45) is 22.4 Å². The van der Waals surface area contributed by atoms with E-state index in [0.717, 1.165) is 19.3 Å². The Morgan fingerprint density at radius 2 is 1.89 bits per heavy atom. The second-order valence-corrected chi connectivity index (χ2v) is 9.10. The zero-order valence-electron chi connectivity index (χ0n) is 15.8. The van der Waals surface area contributed by atoms with E-state index in [-0.39, 0.29) is 16.7 Å². The number of carbonyl (C=O) groups is 1. The lowest BCUT2D eigenvalue weighted by molar-refractivity contribution is -0.149. The number of nitrogens with zero attached hydrogens (tertiary/aromatic N) is 1.